The molecule has 0 spiro atoms. The Morgan fingerprint density at radius 3 is 2.58 bits per heavy atom. The third-order valence-corrected chi connectivity index (χ3v) is 4.67. The Bertz CT molecular complexity index is 683. The summed E-state index contributed by atoms with van der Waals surface area (Å²) >= 11 is 0. The van der Waals surface area contributed by atoms with Crippen LogP contribution in [0.2, 0.25) is 0 Å². The minimum absolute atomic E-state index is 0.0708. The molecule has 0 saturated heterocycles. The molecular weight excluding hydrogens is 326 g/mol. The molecule has 0 bridgehead atoms. The third kappa shape index (κ3) is 5.97. The minimum Gasteiger partial charge on any atom is -0.344 e. The van der Waals surface area contributed by atoms with Crippen LogP contribution in [0.1, 0.15) is 31.5 Å². The zero-order chi connectivity index (χ0) is 19.1. The Kier molecular flexibility index (Phi) is 7.36. The fraction of sp³-hybridized carbons (Fsp3) is 0.500. The van der Waals surface area contributed by atoms with Crippen molar-refractivity contribution >= 4 is 5.91 Å². The molecule has 142 valence electrons. The smallest absolute Gasteiger partial charge is 0.239 e. The molecule has 0 radical (unpaired) electrons. The van der Waals surface area contributed by atoms with E-state index in [-0.39, 0.29) is 11.9 Å². The summed E-state index contributed by atoms with van der Waals surface area (Å²) in [6.45, 7) is 5.55. The molecule has 6 nitrogen and oxygen atoms in total. The van der Waals surface area contributed by atoms with E-state index in [4.69, 9.17) is 11.5 Å². The van der Waals surface area contributed by atoms with Crippen LogP contribution in [0, 0.1) is 5.92 Å². The molecule has 6 heteroatoms. The maximum atomic E-state index is 12.5. The molecule has 0 aliphatic carbocycles. The number of hydrogen-bond acceptors (Lipinski definition) is 4. The maximum absolute atomic E-state index is 12.5. The molecule has 0 fully saturated rings. The maximum Gasteiger partial charge on any atom is 0.239 e. The molecule has 26 heavy (non-hydrogen) atoms. The number of nitrogens with zero attached hydrogens (tertiary/aromatic N) is 3. The van der Waals surface area contributed by atoms with E-state index in [1.807, 2.05) is 29.0 Å². The van der Waals surface area contributed by atoms with Crippen molar-refractivity contribution in [1.82, 2.24) is 14.5 Å². The van der Waals surface area contributed by atoms with Gasteiger partial charge in [0, 0.05) is 38.8 Å². The van der Waals surface area contributed by atoms with E-state index >= 15 is 0 Å². The third-order valence-electron chi connectivity index (χ3n) is 4.67. The van der Waals surface area contributed by atoms with Crippen molar-refractivity contribution in [2.75, 3.05) is 13.6 Å². The average Bonchev–Trinajstić information content (AvgIpc) is 3.06. The highest BCUT2D eigenvalue weighted by Crippen LogP contribution is 2.08. The number of carbonyl (C=O) groups is 1. The van der Waals surface area contributed by atoms with Gasteiger partial charge in [0.05, 0.1) is 18.1 Å². The van der Waals surface area contributed by atoms with Gasteiger partial charge in [-0.1, -0.05) is 44.2 Å². The van der Waals surface area contributed by atoms with Crippen LogP contribution in [0.4, 0.5) is 0 Å². The van der Waals surface area contributed by atoms with Gasteiger partial charge >= 0.3 is 0 Å². The van der Waals surface area contributed by atoms with E-state index in [1.165, 1.54) is 5.56 Å². The summed E-state index contributed by atoms with van der Waals surface area (Å²) in [6.07, 6.45) is 4.94. The molecule has 2 atom stereocenters. The second kappa shape index (κ2) is 9.50. The molecule has 2 rings (SSSR count). The summed E-state index contributed by atoms with van der Waals surface area (Å²) in [6, 6.07) is 9.69. The number of carbonyl (C=O) groups excluding carboxylic acids is 1. The van der Waals surface area contributed by atoms with Gasteiger partial charge in [-0.15, -0.1) is 0 Å². The van der Waals surface area contributed by atoms with E-state index in [0.717, 1.165) is 18.7 Å². The first-order chi connectivity index (χ1) is 12.4. The van der Waals surface area contributed by atoms with Gasteiger partial charge in [0.15, 0.2) is 0 Å². The van der Waals surface area contributed by atoms with Crippen molar-refractivity contribution in [2.24, 2.45) is 17.4 Å². The fourth-order valence-electron chi connectivity index (χ4n) is 2.77. The SMILES string of the molecule is CC(C)C(N)CCN(C)C(=O)[C@@H](N)Cc1cn(Cc2ccccc2)cn1. The van der Waals surface area contributed by atoms with Crippen molar-refractivity contribution in [3.63, 3.8) is 0 Å². The normalized spacial score (nSPS) is 13.6. The number of amides is 1. The Labute approximate surface area is 156 Å². The van der Waals surface area contributed by atoms with Crippen LogP contribution >= 0.6 is 0 Å². The molecule has 0 saturated carbocycles. The molecule has 1 heterocycles. The first kappa shape index (κ1) is 20.1. The van der Waals surface area contributed by atoms with Crippen LogP contribution in [0.25, 0.3) is 0 Å². The van der Waals surface area contributed by atoms with Crippen LogP contribution in [0.3, 0.4) is 0 Å². The van der Waals surface area contributed by atoms with Gasteiger partial charge in [-0.2, -0.15) is 0 Å². The van der Waals surface area contributed by atoms with Gasteiger partial charge in [0.25, 0.3) is 0 Å². The summed E-state index contributed by atoms with van der Waals surface area (Å²) in [7, 11) is 1.78. The van der Waals surface area contributed by atoms with Gasteiger partial charge in [-0.3, -0.25) is 4.79 Å². The lowest BCUT2D eigenvalue weighted by Crippen LogP contribution is -2.44. The summed E-state index contributed by atoms with van der Waals surface area (Å²) in [5.41, 5.74) is 14.2. The van der Waals surface area contributed by atoms with Gasteiger partial charge in [0.1, 0.15) is 0 Å². The molecule has 1 amide bonds. The van der Waals surface area contributed by atoms with Crippen LogP contribution in [-0.4, -0.2) is 46.0 Å². The minimum atomic E-state index is -0.588. The summed E-state index contributed by atoms with van der Waals surface area (Å²) < 4.78 is 2.01. The molecule has 4 N–H and O–H groups in total. The number of nitrogens with two attached hydrogens (primary N) is 2. The second-order valence-electron chi connectivity index (χ2n) is 7.29. The number of likely N-dealkylation sites (N-methyl/N-ethyl adjacent to an activating group) is 1. The lowest BCUT2D eigenvalue weighted by Gasteiger charge is -2.23. The monoisotopic (exact) mass is 357 g/mol. The van der Waals surface area contributed by atoms with Crippen LogP contribution in [0.5, 0.6) is 0 Å². The van der Waals surface area contributed by atoms with Crippen LogP contribution < -0.4 is 11.5 Å². The Morgan fingerprint density at radius 1 is 1.23 bits per heavy atom. The van der Waals surface area contributed by atoms with Crippen molar-refractivity contribution < 1.29 is 4.79 Å². The van der Waals surface area contributed by atoms with Gasteiger partial charge in [0.2, 0.25) is 5.91 Å². The summed E-state index contributed by atoms with van der Waals surface area (Å²) in [5, 5.41) is 0. The predicted octanol–water partition coefficient (Wildman–Crippen LogP) is 1.63. The van der Waals surface area contributed by atoms with Crippen LogP contribution in [0.15, 0.2) is 42.9 Å². The number of rotatable bonds is 9. The van der Waals surface area contributed by atoms with Crippen molar-refractivity contribution in [1.29, 1.82) is 0 Å². The van der Waals surface area contributed by atoms with E-state index in [1.54, 1.807) is 18.3 Å². The summed E-state index contributed by atoms with van der Waals surface area (Å²) in [5.74, 6) is 0.333. The van der Waals surface area contributed by atoms with Gasteiger partial charge in [-0.05, 0) is 17.9 Å². The number of benzene rings is 1. The number of aromatic nitrogens is 2. The zero-order valence-electron chi connectivity index (χ0n) is 16.0. The number of hydrogen-bond donors (Lipinski definition) is 2. The molecule has 0 aliphatic heterocycles. The highest BCUT2D eigenvalue weighted by molar-refractivity contribution is 5.81. The van der Waals surface area contributed by atoms with Crippen LogP contribution in [-0.2, 0) is 17.8 Å². The first-order valence-electron chi connectivity index (χ1n) is 9.17. The largest absolute Gasteiger partial charge is 0.344 e. The van der Waals surface area contributed by atoms with Gasteiger partial charge in [-0.25, -0.2) is 4.98 Å². The molecule has 2 aromatic rings. The second-order valence-corrected chi connectivity index (χ2v) is 7.29. The highest BCUT2D eigenvalue weighted by atomic mass is 16.2. The molecular formula is C20H31N5O. The Balaban J connectivity index is 1.85. The van der Waals surface area contributed by atoms with E-state index in [0.29, 0.717) is 18.9 Å². The zero-order valence-corrected chi connectivity index (χ0v) is 16.0. The van der Waals surface area contributed by atoms with E-state index in [2.05, 4.69) is 31.0 Å². The van der Waals surface area contributed by atoms with Gasteiger partial charge < -0.3 is 20.9 Å². The Morgan fingerprint density at radius 2 is 1.92 bits per heavy atom. The van der Waals surface area contributed by atoms with Crippen molar-refractivity contribution in [3.05, 3.63) is 54.1 Å². The fourth-order valence-corrected chi connectivity index (χ4v) is 2.77. The number of imidazole rings is 1. The highest BCUT2D eigenvalue weighted by Gasteiger charge is 2.20. The lowest BCUT2D eigenvalue weighted by molar-refractivity contribution is -0.131. The lowest BCUT2D eigenvalue weighted by atomic mass is 10.0. The van der Waals surface area contributed by atoms with Crippen molar-refractivity contribution in [2.45, 2.75) is 45.3 Å². The van der Waals surface area contributed by atoms with E-state index in [9.17, 15) is 4.79 Å². The predicted molar refractivity (Wildman–Crippen MR) is 105 cm³/mol. The molecule has 1 unspecified atom stereocenters. The van der Waals surface area contributed by atoms with E-state index < -0.39 is 6.04 Å². The average molecular weight is 358 g/mol. The molecule has 1 aromatic carbocycles. The molecule has 0 aliphatic rings. The summed E-state index contributed by atoms with van der Waals surface area (Å²) in [4.78, 5) is 18.5. The molecule has 1 aromatic heterocycles. The topological polar surface area (TPSA) is 90.2 Å². The standard InChI is InChI=1S/C20H31N5O/c1-15(2)18(21)9-10-24(3)20(26)19(22)11-17-13-25(14-23-17)12-16-7-5-4-6-8-16/h4-8,13-15,18-19H,9-12,21-22H2,1-3H3/t18?,19-/m0/s1. The first-order valence-corrected chi connectivity index (χ1v) is 9.17. The quantitative estimate of drug-likeness (QED) is 0.714. The van der Waals surface area contributed by atoms with Crippen molar-refractivity contribution in [3.8, 4) is 0 Å². The Hall–Kier alpha value is -2.18.